The SMILES string of the molecule is CC(C)n1cc(NS(=O)(=O)c2cc(N)cc(F)c2)cn1. The van der Waals surface area contributed by atoms with Crippen molar-refractivity contribution in [1.82, 2.24) is 9.78 Å². The average molecular weight is 298 g/mol. The first-order chi connectivity index (χ1) is 9.28. The maximum Gasteiger partial charge on any atom is 0.262 e. The minimum Gasteiger partial charge on any atom is -0.399 e. The molecular weight excluding hydrogens is 283 g/mol. The van der Waals surface area contributed by atoms with E-state index in [0.717, 1.165) is 12.1 Å². The van der Waals surface area contributed by atoms with Crippen LogP contribution in [0.3, 0.4) is 0 Å². The summed E-state index contributed by atoms with van der Waals surface area (Å²) in [6.07, 6.45) is 2.95. The topological polar surface area (TPSA) is 90.0 Å². The van der Waals surface area contributed by atoms with Crippen LogP contribution in [0.25, 0.3) is 0 Å². The molecule has 0 bridgehead atoms. The molecule has 1 aromatic carbocycles. The highest BCUT2D eigenvalue weighted by atomic mass is 32.2. The van der Waals surface area contributed by atoms with E-state index >= 15 is 0 Å². The third kappa shape index (κ3) is 3.08. The minimum absolute atomic E-state index is 0.0447. The largest absolute Gasteiger partial charge is 0.399 e. The number of nitrogens with zero attached hydrogens (tertiary/aromatic N) is 2. The van der Waals surface area contributed by atoms with E-state index in [4.69, 9.17) is 5.73 Å². The minimum atomic E-state index is -3.89. The van der Waals surface area contributed by atoms with Crippen molar-refractivity contribution in [3.05, 3.63) is 36.4 Å². The van der Waals surface area contributed by atoms with Crippen LogP contribution < -0.4 is 10.5 Å². The Kier molecular flexibility index (Phi) is 3.67. The first-order valence-electron chi connectivity index (χ1n) is 5.91. The quantitative estimate of drug-likeness (QED) is 0.845. The third-order valence-corrected chi connectivity index (χ3v) is 3.95. The van der Waals surface area contributed by atoms with Gasteiger partial charge in [-0.15, -0.1) is 0 Å². The number of sulfonamides is 1. The number of anilines is 2. The zero-order chi connectivity index (χ0) is 14.9. The second-order valence-corrected chi connectivity index (χ2v) is 6.31. The van der Waals surface area contributed by atoms with Gasteiger partial charge in [-0.2, -0.15) is 5.10 Å². The van der Waals surface area contributed by atoms with Gasteiger partial charge in [-0.1, -0.05) is 0 Å². The molecule has 20 heavy (non-hydrogen) atoms. The molecule has 2 aromatic rings. The summed E-state index contributed by atoms with van der Waals surface area (Å²) in [6, 6.07) is 3.26. The van der Waals surface area contributed by atoms with E-state index in [0.29, 0.717) is 5.69 Å². The molecule has 108 valence electrons. The molecule has 0 radical (unpaired) electrons. The Bertz CT molecular complexity index is 705. The van der Waals surface area contributed by atoms with Crippen molar-refractivity contribution in [3.8, 4) is 0 Å². The average Bonchev–Trinajstić information content (AvgIpc) is 2.75. The lowest BCUT2D eigenvalue weighted by Gasteiger charge is -2.07. The van der Waals surface area contributed by atoms with Gasteiger partial charge >= 0.3 is 0 Å². The molecule has 0 amide bonds. The van der Waals surface area contributed by atoms with E-state index < -0.39 is 15.8 Å². The molecule has 0 fully saturated rings. The van der Waals surface area contributed by atoms with Crippen molar-refractivity contribution in [2.75, 3.05) is 10.5 Å². The van der Waals surface area contributed by atoms with Crippen molar-refractivity contribution in [2.24, 2.45) is 0 Å². The fourth-order valence-corrected chi connectivity index (χ4v) is 2.72. The Balaban J connectivity index is 2.30. The van der Waals surface area contributed by atoms with Crippen molar-refractivity contribution in [3.63, 3.8) is 0 Å². The highest BCUT2D eigenvalue weighted by molar-refractivity contribution is 7.92. The van der Waals surface area contributed by atoms with Gasteiger partial charge in [0.05, 0.1) is 16.8 Å². The maximum atomic E-state index is 13.2. The van der Waals surface area contributed by atoms with Crippen LogP contribution in [-0.2, 0) is 10.0 Å². The number of halogens is 1. The van der Waals surface area contributed by atoms with Gasteiger partial charge in [-0.25, -0.2) is 12.8 Å². The summed E-state index contributed by atoms with van der Waals surface area (Å²) < 4.78 is 41.4. The molecule has 0 atom stereocenters. The number of benzene rings is 1. The molecule has 8 heteroatoms. The summed E-state index contributed by atoms with van der Waals surface area (Å²) in [4.78, 5) is -0.229. The Hall–Kier alpha value is -2.09. The first-order valence-corrected chi connectivity index (χ1v) is 7.39. The summed E-state index contributed by atoms with van der Waals surface area (Å²) in [6.45, 7) is 3.83. The molecule has 0 aliphatic heterocycles. The zero-order valence-corrected chi connectivity index (χ0v) is 11.9. The highest BCUT2D eigenvalue weighted by Gasteiger charge is 2.17. The fourth-order valence-electron chi connectivity index (χ4n) is 1.63. The lowest BCUT2D eigenvalue weighted by molar-refractivity contribution is 0.532. The molecule has 3 N–H and O–H groups in total. The summed E-state index contributed by atoms with van der Waals surface area (Å²) in [5, 5.41) is 4.02. The van der Waals surface area contributed by atoms with E-state index in [-0.39, 0.29) is 16.6 Å². The molecule has 0 unspecified atom stereocenters. The van der Waals surface area contributed by atoms with Crippen LogP contribution in [0.2, 0.25) is 0 Å². The number of hydrogen-bond acceptors (Lipinski definition) is 4. The summed E-state index contributed by atoms with van der Waals surface area (Å²) in [5.41, 5.74) is 5.80. The summed E-state index contributed by atoms with van der Waals surface area (Å²) in [5.74, 6) is -0.705. The smallest absolute Gasteiger partial charge is 0.262 e. The molecule has 0 aliphatic rings. The lowest BCUT2D eigenvalue weighted by atomic mass is 10.3. The Morgan fingerprint density at radius 3 is 2.60 bits per heavy atom. The van der Waals surface area contributed by atoms with E-state index in [1.54, 1.807) is 10.9 Å². The Labute approximate surface area is 116 Å². The van der Waals surface area contributed by atoms with E-state index in [9.17, 15) is 12.8 Å². The standard InChI is InChI=1S/C12H15FN4O2S/c1-8(2)17-7-11(6-15-17)16-20(18,19)12-4-9(13)3-10(14)5-12/h3-8,16H,14H2,1-2H3. The number of nitrogens with two attached hydrogens (primary N) is 1. The van der Waals surface area contributed by atoms with E-state index in [1.165, 1.54) is 12.3 Å². The first kappa shape index (κ1) is 14.3. The van der Waals surface area contributed by atoms with Crippen LogP contribution in [0, 0.1) is 5.82 Å². The third-order valence-electron chi connectivity index (χ3n) is 2.59. The Morgan fingerprint density at radius 1 is 1.35 bits per heavy atom. The molecule has 1 aromatic heterocycles. The second-order valence-electron chi connectivity index (χ2n) is 4.63. The van der Waals surface area contributed by atoms with Crippen LogP contribution in [0.15, 0.2) is 35.5 Å². The predicted octanol–water partition coefficient (Wildman–Crippen LogP) is 1.99. The van der Waals surface area contributed by atoms with Crippen LogP contribution >= 0.6 is 0 Å². The Morgan fingerprint density at radius 2 is 2.05 bits per heavy atom. The van der Waals surface area contributed by atoms with Crippen LogP contribution in [-0.4, -0.2) is 18.2 Å². The van der Waals surface area contributed by atoms with Gasteiger partial charge in [0.25, 0.3) is 10.0 Å². The number of rotatable bonds is 4. The molecule has 0 spiro atoms. The fraction of sp³-hybridized carbons (Fsp3) is 0.250. The van der Waals surface area contributed by atoms with Crippen molar-refractivity contribution in [2.45, 2.75) is 24.8 Å². The second kappa shape index (κ2) is 5.12. The molecule has 1 heterocycles. The van der Waals surface area contributed by atoms with Gasteiger partial charge in [0.2, 0.25) is 0 Å². The number of hydrogen-bond donors (Lipinski definition) is 2. The van der Waals surface area contributed by atoms with Gasteiger partial charge in [0.1, 0.15) is 5.82 Å². The monoisotopic (exact) mass is 298 g/mol. The maximum absolute atomic E-state index is 13.2. The predicted molar refractivity (Wildman–Crippen MR) is 74.2 cm³/mol. The number of nitrogen functional groups attached to an aromatic ring is 1. The molecular formula is C12H15FN4O2S. The van der Waals surface area contributed by atoms with Crippen molar-refractivity contribution in [1.29, 1.82) is 0 Å². The van der Waals surface area contributed by atoms with Crippen LogP contribution in [0.1, 0.15) is 19.9 Å². The zero-order valence-electron chi connectivity index (χ0n) is 11.0. The van der Waals surface area contributed by atoms with Gasteiger partial charge in [0, 0.05) is 17.9 Å². The van der Waals surface area contributed by atoms with Gasteiger partial charge in [-0.05, 0) is 32.0 Å². The summed E-state index contributed by atoms with van der Waals surface area (Å²) in [7, 11) is -3.89. The van der Waals surface area contributed by atoms with Gasteiger partial charge < -0.3 is 5.73 Å². The molecule has 0 saturated carbocycles. The van der Waals surface area contributed by atoms with E-state index in [1.807, 2.05) is 13.8 Å². The van der Waals surface area contributed by atoms with Crippen molar-refractivity contribution < 1.29 is 12.8 Å². The lowest BCUT2D eigenvalue weighted by Crippen LogP contribution is -2.13. The molecule has 6 nitrogen and oxygen atoms in total. The number of nitrogens with one attached hydrogen (secondary N) is 1. The molecule has 0 aliphatic carbocycles. The van der Waals surface area contributed by atoms with Gasteiger partial charge in [0.15, 0.2) is 0 Å². The summed E-state index contributed by atoms with van der Waals surface area (Å²) >= 11 is 0. The van der Waals surface area contributed by atoms with Crippen molar-refractivity contribution >= 4 is 21.4 Å². The van der Waals surface area contributed by atoms with E-state index in [2.05, 4.69) is 9.82 Å². The number of aromatic nitrogens is 2. The molecule has 2 rings (SSSR count). The molecule has 0 saturated heterocycles. The van der Waals surface area contributed by atoms with Crippen LogP contribution in [0.5, 0.6) is 0 Å². The normalized spacial score (nSPS) is 11.8. The van der Waals surface area contributed by atoms with Gasteiger partial charge in [-0.3, -0.25) is 9.40 Å². The van der Waals surface area contributed by atoms with Crippen LogP contribution in [0.4, 0.5) is 15.8 Å². The highest BCUT2D eigenvalue weighted by Crippen LogP contribution is 2.20.